The highest BCUT2D eigenvalue weighted by atomic mass is 32.2. The molecule has 1 saturated heterocycles. The second kappa shape index (κ2) is 6.74. The van der Waals surface area contributed by atoms with Gasteiger partial charge in [0.15, 0.2) is 0 Å². The largest absolute Gasteiger partial charge is 0.373 e. The first-order valence-corrected chi connectivity index (χ1v) is 7.15. The van der Waals surface area contributed by atoms with E-state index in [4.69, 9.17) is 10.5 Å². The molecule has 15 heavy (non-hydrogen) atoms. The Balaban J connectivity index is 2.43. The monoisotopic (exact) mass is 232 g/mol. The molecule has 2 N–H and O–H groups in total. The summed E-state index contributed by atoms with van der Waals surface area (Å²) >= 11 is 1.90. The van der Waals surface area contributed by atoms with Crippen molar-refractivity contribution in [2.24, 2.45) is 5.73 Å². The van der Waals surface area contributed by atoms with Crippen LogP contribution in [-0.4, -0.2) is 54.8 Å². The van der Waals surface area contributed by atoms with Crippen LogP contribution in [0.2, 0.25) is 0 Å². The maximum atomic E-state index is 5.84. The Morgan fingerprint density at radius 3 is 2.47 bits per heavy atom. The van der Waals surface area contributed by atoms with Crippen LogP contribution in [0.3, 0.4) is 0 Å². The molecule has 90 valence electrons. The maximum absolute atomic E-state index is 5.84. The molecule has 1 fully saturated rings. The molecule has 1 rings (SSSR count). The quantitative estimate of drug-likeness (QED) is 0.772. The topological polar surface area (TPSA) is 38.5 Å². The van der Waals surface area contributed by atoms with Crippen molar-refractivity contribution in [2.45, 2.75) is 38.5 Å². The summed E-state index contributed by atoms with van der Waals surface area (Å²) in [6.45, 7) is 7.11. The molecule has 0 radical (unpaired) electrons. The van der Waals surface area contributed by atoms with E-state index in [0.717, 1.165) is 19.6 Å². The minimum atomic E-state index is 0.345. The van der Waals surface area contributed by atoms with Crippen LogP contribution in [0.25, 0.3) is 0 Å². The molecular formula is C11H24N2OS. The Labute approximate surface area is 97.7 Å². The Morgan fingerprint density at radius 1 is 1.40 bits per heavy atom. The summed E-state index contributed by atoms with van der Waals surface area (Å²) in [7, 11) is 0. The van der Waals surface area contributed by atoms with Crippen molar-refractivity contribution in [1.29, 1.82) is 0 Å². The van der Waals surface area contributed by atoms with Crippen molar-refractivity contribution in [3.63, 3.8) is 0 Å². The summed E-state index contributed by atoms with van der Waals surface area (Å²) in [6.07, 6.45) is 4.03. The molecule has 1 aliphatic heterocycles. The van der Waals surface area contributed by atoms with E-state index in [0.29, 0.717) is 18.2 Å². The molecule has 1 unspecified atom stereocenters. The van der Waals surface area contributed by atoms with E-state index in [2.05, 4.69) is 25.0 Å². The van der Waals surface area contributed by atoms with Gasteiger partial charge in [-0.2, -0.15) is 11.8 Å². The van der Waals surface area contributed by atoms with E-state index < -0.39 is 0 Å². The minimum absolute atomic E-state index is 0.345. The van der Waals surface area contributed by atoms with Crippen LogP contribution in [0.5, 0.6) is 0 Å². The van der Waals surface area contributed by atoms with Crippen LogP contribution in [0.4, 0.5) is 0 Å². The van der Waals surface area contributed by atoms with Crippen molar-refractivity contribution in [2.75, 3.05) is 31.6 Å². The van der Waals surface area contributed by atoms with Gasteiger partial charge in [0.1, 0.15) is 0 Å². The van der Waals surface area contributed by atoms with Crippen molar-refractivity contribution in [3.05, 3.63) is 0 Å². The smallest absolute Gasteiger partial charge is 0.0678 e. The molecule has 0 amide bonds. The van der Waals surface area contributed by atoms with Crippen molar-refractivity contribution in [3.8, 4) is 0 Å². The van der Waals surface area contributed by atoms with E-state index >= 15 is 0 Å². The lowest BCUT2D eigenvalue weighted by Crippen LogP contribution is -2.52. The lowest BCUT2D eigenvalue weighted by molar-refractivity contribution is -0.0795. The fourth-order valence-corrected chi connectivity index (χ4v) is 2.73. The predicted molar refractivity (Wildman–Crippen MR) is 67.4 cm³/mol. The molecule has 4 heteroatoms. The fourth-order valence-electron chi connectivity index (χ4n) is 2.22. The fraction of sp³-hybridized carbons (Fsp3) is 1.00. The lowest BCUT2D eigenvalue weighted by Gasteiger charge is -2.39. The second-order valence-corrected chi connectivity index (χ2v) is 5.37. The van der Waals surface area contributed by atoms with E-state index in [1.165, 1.54) is 12.2 Å². The van der Waals surface area contributed by atoms with E-state index in [1.807, 2.05) is 11.8 Å². The number of nitrogens with zero attached hydrogens (tertiary/aromatic N) is 1. The normalized spacial score (nSPS) is 30.4. The van der Waals surface area contributed by atoms with Crippen LogP contribution in [0.15, 0.2) is 0 Å². The molecular weight excluding hydrogens is 208 g/mol. The first kappa shape index (κ1) is 13.3. The van der Waals surface area contributed by atoms with Crippen LogP contribution < -0.4 is 5.73 Å². The third-order valence-electron chi connectivity index (χ3n) is 2.89. The number of thioether (sulfide) groups is 1. The van der Waals surface area contributed by atoms with E-state index in [1.54, 1.807) is 0 Å². The van der Waals surface area contributed by atoms with Crippen LogP contribution >= 0.6 is 11.8 Å². The summed E-state index contributed by atoms with van der Waals surface area (Å²) in [5.41, 5.74) is 5.84. The van der Waals surface area contributed by atoms with Gasteiger partial charge < -0.3 is 10.5 Å². The first-order chi connectivity index (χ1) is 7.17. The van der Waals surface area contributed by atoms with Gasteiger partial charge in [0.25, 0.3) is 0 Å². The zero-order chi connectivity index (χ0) is 11.3. The highest BCUT2D eigenvalue weighted by Gasteiger charge is 2.26. The molecule has 0 saturated carbocycles. The van der Waals surface area contributed by atoms with Gasteiger partial charge in [0, 0.05) is 25.7 Å². The summed E-state index contributed by atoms with van der Waals surface area (Å²) < 4.78 is 5.73. The predicted octanol–water partition coefficient (Wildman–Crippen LogP) is 1.18. The first-order valence-electron chi connectivity index (χ1n) is 5.75. The molecule has 1 heterocycles. The van der Waals surface area contributed by atoms with Gasteiger partial charge in [-0.15, -0.1) is 0 Å². The molecule has 0 aromatic carbocycles. The Morgan fingerprint density at radius 2 is 2.00 bits per heavy atom. The number of hydrogen-bond acceptors (Lipinski definition) is 4. The van der Waals surface area contributed by atoms with Gasteiger partial charge in [-0.1, -0.05) is 0 Å². The Bertz CT molecular complexity index is 170. The van der Waals surface area contributed by atoms with Crippen LogP contribution in [0.1, 0.15) is 20.3 Å². The standard InChI is InChI=1S/C11H24N2OS/c1-9-7-13(8-10(2)14-9)11(6-12)4-5-15-3/h9-11H,4-8,12H2,1-3H3/t9-,10+,11?. The van der Waals surface area contributed by atoms with Crippen LogP contribution in [0, 0.1) is 0 Å². The molecule has 0 spiro atoms. The number of morpholine rings is 1. The molecule has 1 aliphatic rings. The zero-order valence-electron chi connectivity index (χ0n) is 10.1. The zero-order valence-corrected chi connectivity index (χ0v) is 10.9. The van der Waals surface area contributed by atoms with Crippen LogP contribution in [-0.2, 0) is 4.74 Å². The summed E-state index contributed by atoms with van der Waals surface area (Å²) in [5.74, 6) is 1.20. The molecule has 0 bridgehead atoms. The van der Waals surface area contributed by atoms with Crippen molar-refractivity contribution >= 4 is 11.8 Å². The number of rotatable bonds is 5. The Hall–Kier alpha value is 0.230. The summed E-state index contributed by atoms with van der Waals surface area (Å²) in [6, 6.07) is 0.534. The number of hydrogen-bond donors (Lipinski definition) is 1. The molecule has 3 atom stereocenters. The van der Waals surface area contributed by atoms with E-state index in [-0.39, 0.29) is 0 Å². The van der Waals surface area contributed by atoms with Gasteiger partial charge in [-0.3, -0.25) is 4.90 Å². The molecule has 0 aliphatic carbocycles. The number of ether oxygens (including phenoxy) is 1. The SMILES string of the molecule is CSCCC(CN)N1C[C@@H](C)O[C@@H](C)C1. The second-order valence-electron chi connectivity index (χ2n) is 4.38. The van der Waals surface area contributed by atoms with Crippen molar-refractivity contribution < 1.29 is 4.74 Å². The number of nitrogens with two attached hydrogens (primary N) is 1. The highest BCUT2D eigenvalue weighted by Crippen LogP contribution is 2.16. The van der Waals surface area contributed by atoms with Gasteiger partial charge in [-0.25, -0.2) is 0 Å². The van der Waals surface area contributed by atoms with Gasteiger partial charge in [-0.05, 0) is 32.3 Å². The van der Waals surface area contributed by atoms with E-state index in [9.17, 15) is 0 Å². The molecule has 3 nitrogen and oxygen atoms in total. The van der Waals surface area contributed by atoms with Crippen molar-refractivity contribution in [1.82, 2.24) is 4.90 Å². The average Bonchev–Trinajstić information content (AvgIpc) is 2.17. The molecule has 0 aromatic heterocycles. The van der Waals surface area contributed by atoms with Gasteiger partial charge >= 0.3 is 0 Å². The molecule has 0 aromatic rings. The average molecular weight is 232 g/mol. The lowest BCUT2D eigenvalue weighted by atomic mass is 10.1. The summed E-state index contributed by atoms with van der Waals surface area (Å²) in [5, 5.41) is 0. The minimum Gasteiger partial charge on any atom is -0.373 e. The van der Waals surface area contributed by atoms with Gasteiger partial charge in [0.05, 0.1) is 12.2 Å². The Kier molecular flexibility index (Phi) is 5.97. The maximum Gasteiger partial charge on any atom is 0.0678 e. The summed E-state index contributed by atoms with van der Waals surface area (Å²) in [4.78, 5) is 2.50. The third-order valence-corrected chi connectivity index (χ3v) is 3.54. The highest BCUT2D eigenvalue weighted by molar-refractivity contribution is 7.98. The third kappa shape index (κ3) is 4.31. The van der Waals surface area contributed by atoms with Gasteiger partial charge in [0.2, 0.25) is 0 Å².